The maximum absolute atomic E-state index is 12.6. The van der Waals surface area contributed by atoms with E-state index in [9.17, 15) is 9.90 Å². The van der Waals surface area contributed by atoms with E-state index >= 15 is 0 Å². The molecule has 1 aliphatic heterocycles. The number of amides is 1. The maximum atomic E-state index is 12.6. The van der Waals surface area contributed by atoms with Crippen molar-refractivity contribution in [2.45, 2.75) is 72.4 Å². The van der Waals surface area contributed by atoms with Gasteiger partial charge in [-0.3, -0.25) is 9.69 Å². The predicted molar refractivity (Wildman–Crippen MR) is 138 cm³/mol. The lowest BCUT2D eigenvalue weighted by atomic mass is 9.92. The van der Waals surface area contributed by atoms with Gasteiger partial charge in [-0.15, -0.1) is 0 Å². The molecule has 0 saturated carbocycles. The van der Waals surface area contributed by atoms with E-state index in [0.29, 0.717) is 24.0 Å². The van der Waals surface area contributed by atoms with Crippen molar-refractivity contribution in [3.63, 3.8) is 0 Å². The van der Waals surface area contributed by atoms with Gasteiger partial charge in [0, 0.05) is 24.6 Å². The molecule has 1 aliphatic rings. The number of nitrogens with zero attached hydrogens (tertiary/aromatic N) is 1. The third-order valence-corrected chi connectivity index (χ3v) is 6.32. The van der Waals surface area contributed by atoms with Crippen molar-refractivity contribution in [2.24, 2.45) is 5.41 Å². The van der Waals surface area contributed by atoms with E-state index in [1.807, 2.05) is 18.2 Å². The summed E-state index contributed by atoms with van der Waals surface area (Å²) in [4.78, 5) is 15.2. The molecule has 2 aromatic rings. The van der Waals surface area contributed by atoms with Crippen LogP contribution in [0.3, 0.4) is 0 Å². The van der Waals surface area contributed by atoms with Gasteiger partial charge in [-0.2, -0.15) is 0 Å². The van der Waals surface area contributed by atoms with Crippen molar-refractivity contribution in [1.82, 2.24) is 10.2 Å². The fourth-order valence-corrected chi connectivity index (χ4v) is 4.23. The second kappa shape index (κ2) is 12.4. The number of nitrogens with one attached hydrogen (secondary N) is 1. The Hall–Kier alpha value is -2.37. The van der Waals surface area contributed by atoms with Crippen LogP contribution in [-0.4, -0.2) is 48.3 Å². The number of ether oxygens (including phenoxy) is 1. The summed E-state index contributed by atoms with van der Waals surface area (Å²) in [6.07, 6.45) is 5.22. The molecule has 3 rings (SSSR count). The maximum Gasteiger partial charge on any atom is 0.251 e. The molecule has 34 heavy (non-hydrogen) atoms. The van der Waals surface area contributed by atoms with Gasteiger partial charge in [-0.1, -0.05) is 45.0 Å². The minimum Gasteiger partial charge on any atom is -0.493 e. The van der Waals surface area contributed by atoms with Gasteiger partial charge in [0.05, 0.1) is 13.2 Å². The van der Waals surface area contributed by atoms with Crippen molar-refractivity contribution >= 4 is 5.91 Å². The number of carbonyl (C=O) groups excluding carboxylic acids is 1. The Morgan fingerprint density at radius 2 is 1.91 bits per heavy atom. The third kappa shape index (κ3) is 8.44. The highest BCUT2D eigenvalue weighted by Gasteiger charge is 2.16. The summed E-state index contributed by atoms with van der Waals surface area (Å²) in [6.45, 7) is 12.5. The number of benzene rings is 2. The highest BCUT2D eigenvalue weighted by molar-refractivity contribution is 5.94. The lowest BCUT2D eigenvalue weighted by Gasteiger charge is -2.27. The van der Waals surface area contributed by atoms with E-state index < -0.39 is 0 Å². The smallest absolute Gasteiger partial charge is 0.251 e. The minimum atomic E-state index is -0.282. The quantitative estimate of drug-likeness (QED) is 0.637. The molecule has 0 fully saturated rings. The fourth-order valence-electron chi connectivity index (χ4n) is 4.23. The average Bonchev–Trinajstić information content (AvgIpc) is 2.79. The Morgan fingerprint density at radius 3 is 2.68 bits per heavy atom. The van der Waals surface area contributed by atoms with Crippen LogP contribution in [0, 0.1) is 5.41 Å². The summed E-state index contributed by atoms with van der Waals surface area (Å²) in [7, 11) is 0. The molecule has 2 aromatic carbocycles. The van der Waals surface area contributed by atoms with Crippen molar-refractivity contribution in [2.75, 3.05) is 26.3 Å². The number of fused-ring (bicyclic) bond motifs is 3. The van der Waals surface area contributed by atoms with Gasteiger partial charge in [-0.25, -0.2) is 0 Å². The van der Waals surface area contributed by atoms with Crippen molar-refractivity contribution in [1.29, 1.82) is 0 Å². The van der Waals surface area contributed by atoms with E-state index in [1.54, 1.807) is 6.92 Å². The number of hydrogen-bond donors (Lipinski definition) is 2. The molecule has 1 heterocycles. The van der Waals surface area contributed by atoms with Crippen LogP contribution in [0.15, 0.2) is 42.5 Å². The van der Waals surface area contributed by atoms with Gasteiger partial charge in [-0.05, 0) is 86.0 Å². The van der Waals surface area contributed by atoms with Crippen molar-refractivity contribution in [3.05, 3.63) is 64.7 Å². The predicted octanol–water partition coefficient (Wildman–Crippen LogP) is 5.19. The van der Waals surface area contributed by atoms with Gasteiger partial charge in [0.2, 0.25) is 0 Å². The Labute approximate surface area is 205 Å². The topological polar surface area (TPSA) is 61.8 Å². The zero-order chi connectivity index (χ0) is 24.6. The molecule has 0 radical (unpaired) electrons. The lowest BCUT2D eigenvalue weighted by Crippen LogP contribution is -2.35. The molecule has 0 unspecified atom stereocenters. The van der Waals surface area contributed by atoms with Crippen LogP contribution in [0.1, 0.15) is 80.4 Å². The van der Waals surface area contributed by atoms with Gasteiger partial charge >= 0.3 is 0 Å². The Kier molecular flexibility index (Phi) is 9.54. The zero-order valence-electron chi connectivity index (χ0n) is 21.4. The molecule has 2 N–H and O–H groups in total. The van der Waals surface area contributed by atoms with E-state index in [0.717, 1.165) is 43.8 Å². The molecule has 0 aliphatic carbocycles. The number of hydrogen-bond acceptors (Lipinski definition) is 4. The normalized spacial score (nSPS) is 16.6. The number of aliphatic hydroxyl groups excluding tert-OH is 1. The number of rotatable bonds is 5. The van der Waals surface area contributed by atoms with Crippen LogP contribution in [0.4, 0.5) is 0 Å². The van der Waals surface area contributed by atoms with Gasteiger partial charge in [0.15, 0.2) is 0 Å². The molecule has 5 nitrogen and oxygen atoms in total. The van der Waals surface area contributed by atoms with Gasteiger partial charge in [0.1, 0.15) is 5.75 Å². The van der Waals surface area contributed by atoms with Crippen molar-refractivity contribution < 1.29 is 14.6 Å². The van der Waals surface area contributed by atoms with Crippen LogP contribution < -0.4 is 10.1 Å². The van der Waals surface area contributed by atoms with E-state index in [4.69, 9.17) is 4.74 Å². The average molecular weight is 467 g/mol. The molecule has 0 aromatic heterocycles. The highest BCUT2D eigenvalue weighted by Crippen LogP contribution is 2.26. The van der Waals surface area contributed by atoms with Gasteiger partial charge < -0.3 is 15.2 Å². The molecule has 5 heteroatoms. The first kappa shape index (κ1) is 26.2. The SMILES string of the molecule is C[C@@H](CO)NC(=O)c1ccc2c(c1)Cc1cccc(c1)CN(CCC(C)(C)C)CCCCCO2. The molecule has 1 amide bonds. The monoisotopic (exact) mass is 466 g/mol. The largest absolute Gasteiger partial charge is 0.493 e. The van der Waals surface area contributed by atoms with E-state index in [2.05, 4.69) is 55.3 Å². The second-order valence-corrected chi connectivity index (χ2v) is 10.9. The molecular weight excluding hydrogens is 424 g/mol. The van der Waals surface area contributed by atoms with Crippen LogP contribution in [0.5, 0.6) is 5.75 Å². The molecule has 2 bridgehead atoms. The molecular formula is C29H42N2O3. The van der Waals surface area contributed by atoms with E-state index in [-0.39, 0.29) is 18.6 Å². The third-order valence-electron chi connectivity index (χ3n) is 6.32. The molecule has 0 saturated heterocycles. The van der Waals surface area contributed by atoms with Crippen LogP contribution >= 0.6 is 0 Å². The Morgan fingerprint density at radius 1 is 1.12 bits per heavy atom. The van der Waals surface area contributed by atoms with Crippen molar-refractivity contribution in [3.8, 4) is 5.75 Å². The fraction of sp³-hybridized carbons (Fsp3) is 0.552. The van der Waals surface area contributed by atoms with Crippen LogP contribution in [0.2, 0.25) is 0 Å². The zero-order valence-corrected chi connectivity index (χ0v) is 21.4. The first-order valence-corrected chi connectivity index (χ1v) is 12.7. The summed E-state index contributed by atoms with van der Waals surface area (Å²) in [6, 6.07) is 14.2. The second-order valence-electron chi connectivity index (χ2n) is 10.9. The molecule has 0 spiro atoms. The summed E-state index contributed by atoms with van der Waals surface area (Å²) in [5, 5.41) is 12.1. The van der Waals surface area contributed by atoms with Crippen LogP contribution in [-0.2, 0) is 13.0 Å². The first-order chi connectivity index (χ1) is 16.2. The Bertz CT molecular complexity index is 935. The van der Waals surface area contributed by atoms with E-state index in [1.165, 1.54) is 24.0 Å². The minimum absolute atomic E-state index is 0.0840. The molecule has 1 atom stereocenters. The lowest BCUT2D eigenvalue weighted by molar-refractivity contribution is 0.0922. The summed E-state index contributed by atoms with van der Waals surface area (Å²) in [5.41, 5.74) is 4.49. The standard InChI is InChI=1S/C29H42N2O3/c1-22(21-32)30-28(33)25-11-12-27-26(19-25)18-23-9-8-10-24(17-23)20-31(15-13-29(2,3)4)14-6-5-7-16-34-27/h8-12,17,19,22,32H,5-7,13-16,18,20-21H2,1-4H3,(H,30,33)/t22-/m0/s1. The van der Waals surface area contributed by atoms with Crippen LogP contribution in [0.25, 0.3) is 0 Å². The number of aliphatic hydroxyl groups is 1. The highest BCUT2D eigenvalue weighted by atomic mass is 16.5. The number of carbonyl (C=O) groups is 1. The summed E-state index contributed by atoms with van der Waals surface area (Å²) in [5.74, 6) is 0.674. The summed E-state index contributed by atoms with van der Waals surface area (Å²) < 4.78 is 6.17. The van der Waals surface area contributed by atoms with Gasteiger partial charge in [0.25, 0.3) is 5.91 Å². The summed E-state index contributed by atoms with van der Waals surface area (Å²) >= 11 is 0. The Balaban J connectivity index is 1.84. The first-order valence-electron chi connectivity index (χ1n) is 12.7. The molecule has 186 valence electrons.